The van der Waals surface area contributed by atoms with Crippen LogP contribution in [0, 0.1) is 5.92 Å². The van der Waals surface area contributed by atoms with Crippen molar-refractivity contribution >= 4 is 0 Å². The van der Waals surface area contributed by atoms with E-state index in [-0.39, 0.29) is 0 Å². The van der Waals surface area contributed by atoms with E-state index < -0.39 is 0 Å². The van der Waals surface area contributed by atoms with Crippen LogP contribution in [0.3, 0.4) is 0 Å². The molecule has 3 aliphatic rings. The van der Waals surface area contributed by atoms with E-state index in [1.807, 2.05) is 0 Å². The van der Waals surface area contributed by atoms with Crippen LogP contribution in [0.5, 0.6) is 0 Å². The first-order chi connectivity index (χ1) is 8.88. The zero-order valence-corrected chi connectivity index (χ0v) is 12.0. The second-order valence-electron chi connectivity index (χ2n) is 6.79. The van der Waals surface area contributed by atoms with Gasteiger partial charge < -0.3 is 5.32 Å². The van der Waals surface area contributed by atoms with E-state index in [0.717, 1.165) is 24.0 Å². The van der Waals surface area contributed by atoms with Crippen molar-refractivity contribution in [3.63, 3.8) is 0 Å². The third kappa shape index (κ3) is 2.60. The van der Waals surface area contributed by atoms with Gasteiger partial charge in [-0.25, -0.2) is 0 Å². The van der Waals surface area contributed by atoms with Crippen molar-refractivity contribution in [2.24, 2.45) is 5.92 Å². The summed E-state index contributed by atoms with van der Waals surface area (Å²) in [5.41, 5.74) is 0. The minimum atomic E-state index is 0.800. The van der Waals surface area contributed by atoms with Crippen LogP contribution in [0.15, 0.2) is 0 Å². The molecule has 1 heterocycles. The number of rotatable bonds is 3. The molecule has 1 atom stereocenters. The molecule has 1 aliphatic heterocycles. The fraction of sp³-hybridized carbons (Fsp3) is 1.00. The van der Waals surface area contributed by atoms with Gasteiger partial charge in [0, 0.05) is 18.1 Å². The number of nitrogens with zero attached hydrogens (tertiary/aromatic N) is 1. The van der Waals surface area contributed by atoms with E-state index in [1.54, 1.807) is 0 Å². The number of hydrogen-bond donors (Lipinski definition) is 1. The van der Waals surface area contributed by atoms with Gasteiger partial charge in [0.1, 0.15) is 0 Å². The van der Waals surface area contributed by atoms with E-state index in [4.69, 9.17) is 0 Å². The maximum absolute atomic E-state index is 3.46. The van der Waals surface area contributed by atoms with E-state index in [2.05, 4.69) is 17.3 Å². The topological polar surface area (TPSA) is 15.3 Å². The summed E-state index contributed by atoms with van der Waals surface area (Å²) in [6.45, 7) is 1.40. The molecule has 104 valence electrons. The maximum atomic E-state index is 3.46. The van der Waals surface area contributed by atoms with Gasteiger partial charge in [0.2, 0.25) is 0 Å². The van der Waals surface area contributed by atoms with Crippen molar-refractivity contribution in [1.82, 2.24) is 10.2 Å². The van der Waals surface area contributed by atoms with Crippen LogP contribution in [0.25, 0.3) is 0 Å². The Labute approximate surface area is 113 Å². The first-order valence-corrected chi connectivity index (χ1v) is 8.31. The Balaban J connectivity index is 1.57. The molecule has 0 aromatic carbocycles. The molecule has 0 bridgehead atoms. The van der Waals surface area contributed by atoms with Crippen LogP contribution >= 0.6 is 0 Å². The van der Waals surface area contributed by atoms with Gasteiger partial charge in [-0.1, -0.05) is 12.8 Å². The third-order valence-electron chi connectivity index (χ3n) is 5.86. The van der Waals surface area contributed by atoms with Crippen LogP contribution in [0.1, 0.15) is 64.2 Å². The van der Waals surface area contributed by atoms with Crippen molar-refractivity contribution < 1.29 is 0 Å². The van der Waals surface area contributed by atoms with Crippen molar-refractivity contribution in [2.45, 2.75) is 82.3 Å². The summed E-state index contributed by atoms with van der Waals surface area (Å²) in [6.07, 6.45) is 14.7. The lowest BCUT2D eigenvalue weighted by Crippen LogP contribution is -2.45. The van der Waals surface area contributed by atoms with E-state index in [0.29, 0.717) is 0 Å². The van der Waals surface area contributed by atoms with Gasteiger partial charge in [0.25, 0.3) is 0 Å². The summed E-state index contributed by atoms with van der Waals surface area (Å²) in [4.78, 5) is 2.93. The molecule has 0 radical (unpaired) electrons. The number of likely N-dealkylation sites (tertiary alicyclic amines) is 1. The molecule has 3 rings (SSSR count). The minimum Gasteiger partial charge on any atom is -0.317 e. The highest BCUT2D eigenvalue weighted by Gasteiger charge is 2.37. The molecule has 0 aromatic rings. The van der Waals surface area contributed by atoms with Crippen molar-refractivity contribution in [2.75, 3.05) is 13.6 Å². The maximum Gasteiger partial charge on any atom is 0.0127 e. The molecule has 2 nitrogen and oxygen atoms in total. The molecular weight excluding hydrogens is 220 g/mol. The zero-order valence-electron chi connectivity index (χ0n) is 12.0. The molecule has 0 spiro atoms. The second kappa shape index (κ2) is 5.92. The Kier molecular flexibility index (Phi) is 4.25. The summed E-state index contributed by atoms with van der Waals surface area (Å²) < 4.78 is 0. The first-order valence-electron chi connectivity index (χ1n) is 8.31. The molecule has 1 N–H and O–H groups in total. The molecular formula is C16H30N2. The summed E-state index contributed by atoms with van der Waals surface area (Å²) in [7, 11) is 2.13. The molecule has 2 heteroatoms. The quantitative estimate of drug-likeness (QED) is 0.827. The van der Waals surface area contributed by atoms with Crippen LogP contribution < -0.4 is 5.32 Å². The van der Waals surface area contributed by atoms with Gasteiger partial charge in [0.15, 0.2) is 0 Å². The predicted octanol–water partition coefficient (Wildman–Crippen LogP) is 3.17. The van der Waals surface area contributed by atoms with Crippen molar-refractivity contribution in [3.8, 4) is 0 Å². The van der Waals surface area contributed by atoms with Gasteiger partial charge >= 0.3 is 0 Å². The fourth-order valence-electron chi connectivity index (χ4n) is 4.81. The van der Waals surface area contributed by atoms with E-state index in [1.165, 1.54) is 70.8 Å². The normalized spacial score (nSPS) is 39.5. The van der Waals surface area contributed by atoms with Gasteiger partial charge in [-0.2, -0.15) is 0 Å². The minimum absolute atomic E-state index is 0.800. The highest BCUT2D eigenvalue weighted by atomic mass is 15.2. The average Bonchev–Trinajstić information content (AvgIpc) is 3.09. The lowest BCUT2D eigenvalue weighted by atomic mass is 9.88. The highest BCUT2D eigenvalue weighted by molar-refractivity contribution is 4.93. The van der Waals surface area contributed by atoms with Crippen LogP contribution in [0.4, 0.5) is 0 Å². The van der Waals surface area contributed by atoms with Crippen LogP contribution in [-0.2, 0) is 0 Å². The van der Waals surface area contributed by atoms with Crippen molar-refractivity contribution in [3.05, 3.63) is 0 Å². The zero-order chi connectivity index (χ0) is 12.4. The van der Waals surface area contributed by atoms with Gasteiger partial charge in [0.05, 0.1) is 0 Å². The summed E-state index contributed by atoms with van der Waals surface area (Å²) in [5.74, 6) is 1.05. The fourth-order valence-corrected chi connectivity index (χ4v) is 4.81. The van der Waals surface area contributed by atoms with Gasteiger partial charge in [-0.3, -0.25) is 4.90 Å². The molecule has 2 saturated carbocycles. The average molecular weight is 250 g/mol. The molecule has 2 aliphatic carbocycles. The van der Waals surface area contributed by atoms with Gasteiger partial charge in [-0.15, -0.1) is 0 Å². The molecule has 1 saturated heterocycles. The molecule has 3 fully saturated rings. The predicted molar refractivity (Wildman–Crippen MR) is 76.8 cm³/mol. The summed E-state index contributed by atoms with van der Waals surface area (Å²) in [6, 6.07) is 2.68. The Morgan fingerprint density at radius 3 is 2.22 bits per heavy atom. The lowest BCUT2D eigenvalue weighted by molar-refractivity contribution is 0.101. The summed E-state index contributed by atoms with van der Waals surface area (Å²) in [5, 5.41) is 3.46. The molecule has 1 unspecified atom stereocenters. The Hall–Kier alpha value is -0.0800. The summed E-state index contributed by atoms with van der Waals surface area (Å²) >= 11 is 0. The van der Waals surface area contributed by atoms with E-state index in [9.17, 15) is 0 Å². The monoisotopic (exact) mass is 250 g/mol. The van der Waals surface area contributed by atoms with Crippen LogP contribution in [0.2, 0.25) is 0 Å². The number of hydrogen-bond acceptors (Lipinski definition) is 2. The SMILES string of the molecule is CNC1CCC(N2CCCC2C2CCCC2)CC1. The molecule has 18 heavy (non-hydrogen) atoms. The molecule has 0 aromatic heterocycles. The number of nitrogens with one attached hydrogen (secondary N) is 1. The highest BCUT2D eigenvalue weighted by Crippen LogP contribution is 2.38. The first kappa shape index (κ1) is 12.9. The Morgan fingerprint density at radius 1 is 0.833 bits per heavy atom. The van der Waals surface area contributed by atoms with Crippen LogP contribution in [-0.4, -0.2) is 36.6 Å². The lowest BCUT2D eigenvalue weighted by Gasteiger charge is -2.40. The Morgan fingerprint density at radius 2 is 1.56 bits per heavy atom. The Bertz CT molecular complexity index is 252. The van der Waals surface area contributed by atoms with Gasteiger partial charge in [-0.05, 0) is 70.9 Å². The third-order valence-corrected chi connectivity index (χ3v) is 5.86. The second-order valence-corrected chi connectivity index (χ2v) is 6.79. The largest absolute Gasteiger partial charge is 0.317 e. The van der Waals surface area contributed by atoms with E-state index >= 15 is 0 Å². The molecule has 0 amide bonds. The van der Waals surface area contributed by atoms with Crippen molar-refractivity contribution in [1.29, 1.82) is 0 Å². The smallest absolute Gasteiger partial charge is 0.0127 e. The standard InChI is InChI=1S/C16H30N2/c1-17-14-8-10-15(11-9-14)18-12-4-7-16(18)13-5-2-3-6-13/h13-17H,2-12H2,1H3.